The summed E-state index contributed by atoms with van der Waals surface area (Å²) in [5.41, 5.74) is 7.71. The van der Waals surface area contributed by atoms with Crippen molar-refractivity contribution in [1.82, 2.24) is 9.62 Å². The van der Waals surface area contributed by atoms with Crippen LogP contribution in [0.25, 0.3) is 11.1 Å². The van der Waals surface area contributed by atoms with Crippen LogP contribution in [0, 0.1) is 10.1 Å². The summed E-state index contributed by atoms with van der Waals surface area (Å²) >= 11 is 0. The third-order valence-electron chi connectivity index (χ3n) is 9.36. The number of morpholine rings is 1. The van der Waals surface area contributed by atoms with Gasteiger partial charge in [0.2, 0.25) is 0 Å². The second kappa shape index (κ2) is 19.1. The maximum absolute atomic E-state index is 13.4. The molecule has 4 aromatic rings. The molecule has 16 heteroatoms. The number of carbonyl (C=O) groups excluding carboxylic acids is 1. The number of nitro groups is 1. The first-order valence-electron chi connectivity index (χ1n) is 18.1. The maximum Gasteiger partial charge on any atom is 0.293 e. The zero-order chi connectivity index (χ0) is 39.4. The second-order valence-corrected chi connectivity index (χ2v) is 17.0. The molecule has 1 amide bonds. The molecule has 55 heavy (non-hydrogen) atoms. The van der Waals surface area contributed by atoms with E-state index in [-0.39, 0.29) is 21.9 Å². The van der Waals surface area contributed by atoms with Crippen molar-refractivity contribution in [1.29, 1.82) is 0 Å². The number of unbranched alkanes of at least 4 members (excludes halogenated alkanes) is 1. The van der Waals surface area contributed by atoms with Crippen LogP contribution in [0.3, 0.4) is 0 Å². The van der Waals surface area contributed by atoms with Crippen molar-refractivity contribution in [3.8, 4) is 16.9 Å². The summed E-state index contributed by atoms with van der Waals surface area (Å²) in [6, 6.07) is 22.9. The second-order valence-electron chi connectivity index (χ2n) is 13.3. The van der Waals surface area contributed by atoms with Crippen molar-refractivity contribution in [3.05, 3.63) is 112 Å². The van der Waals surface area contributed by atoms with Crippen LogP contribution in [-0.4, -0.2) is 90.9 Å². The first-order chi connectivity index (χ1) is 26.4. The van der Waals surface area contributed by atoms with Crippen molar-refractivity contribution in [2.24, 2.45) is 5.73 Å². The fourth-order valence-corrected chi connectivity index (χ4v) is 8.92. The molecule has 0 radical (unpaired) electrons. The number of nitrogens with one attached hydrogen (secondary N) is 2. The molecule has 0 aromatic heterocycles. The smallest absolute Gasteiger partial charge is 0.293 e. The Morgan fingerprint density at radius 2 is 1.65 bits per heavy atom. The van der Waals surface area contributed by atoms with E-state index in [1.54, 1.807) is 24.3 Å². The number of rotatable bonds is 19. The van der Waals surface area contributed by atoms with Crippen LogP contribution in [-0.2, 0) is 31.0 Å². The lowest BCUT2D eigenvalue weighted by atomic mass is 10.00. The molecule has 0 saturated carbocycles. The standard InChI is InChI=1S/C39H47N5O9S2/c1-52-38-26-31(16-18-35(38)30-14-12-29(13-15-30)8-7-21-43-22-24-53-25-23-43)39(45)42-55(50,51)34-17-19-36(37(27-34)44(46)47)41-32(9-5-6-20-40)28-54(48,49)33-10-3-2-4-11-33/h2-4,10-19,26-27,32,41H,5-9,20-25,28,40H2,1H3,(H,42,45)/t32-/m1/s1. The quantitative estimate of drug-likeness (QED) is 0.0650. The topological polar surface area (TPSA) is 200 Å². The summed E-state index contributed by atoms with van der Waals surface area (Å²) in [5, 5.41) is 15.1. The molecular weight excluding hydrogens is 747 g/mol. The number of anilines is 1. The number of sulfone groups is 1. The average molecular weight is 794 g/mol. The number of methoxy groups -OCH3 is 1. The molecule has 1 saturated heterocycles. The molecule has 1 fully saturated rings. The Bertz CT molecular complexity index is 2140. The minimum absolute atomic E-state index is 0.00311. The van der Waals surface area contributed by atoms with Crippen LogP contribution < -0.4 is 20.5 Å². The Morgan fingerprint density at radius 3 is 2.33 bits per heavy atom. The number of carbonyl (C=O) groups is 1. The average Bonchev–Trinajstić information content (AvgIpc) is 3.18. The van der Waals surface area contributed by atoms with Gasteiger partial charge in [0.05, 0.1) is 40.8 Å². The van der Waals surface area contributed by atoms with Crippen LogP contribution in [0.1, 0.15) is 41.6 Å². The van der Waals surface area contributed by atoms with E-state index in [0.29, 0.717) is 37.1 Å². The first-order valence-corrected chi connectivity index (χ1v) is 21.2. The van der Waals surface area contributed by atoms with E-state index >= 15 is 0 Å². The van der Waals surface area contributed by atoms with E-state index in [0.717, 1.165) is 63.4 Å². The lowest BCUT2D eigenvalue weighted by Crippen LogP contribution is -2.36. The summed E-state index contributed by atoms with van der Waals surface area (Å²) in [6.07, 6.45) is 3.46. The lowest BCUT2D eigenvalue weighted by Gasteiger charge is -2.26. The highest BCUT2D eigenvalue weighted by Crippen LogP contribution is 2.32. The molecule has 1 aliphatic rings. The molecule has 1 atom stereocenters. The molecular formula is C39H47N5O9S2. The Morgan fingerprint density at radius 1 is 0.927 bits per heavy atom. The SMILES string of the molecule is COc1cc(C(=O)NS(=O)(=O)c2ccc(N[C@H](CCCCN)CS(=O)(=O)c3ccccc3)c([N+](=O)[O-])c2)ccc1-c1ccc(CCCN2CCOCC2)cc1. The number of aryl methyl sites for hydroxylation is 1. The largest absolute Gasteiger partial charge is 0.496 e. The van der Waals surface area contributed by atoms with E-state index in [1.807, 2.05) is 16.9 Å². The zero-order valence-corrected chi connectivity index (χ0v) is 32.3. The van der Waals surface area contributed by atoms with Crippen molar-refractivity contribution >= 4 is 37.1 Å². The molecule has 4 aromatic carbocycles. The van der Waals surface area contributed by atoms with Crippen LogP contribution >= 0.6 is 0 Å². The van der Waals surface area contributed by atoms with Crippen molar-refractivity contribution in [2.75, 3.05) is 57.6 Å². The number of nitrogens with two attached hydrogens (primary N) is 1. The highest BCUT2D eigenvalue weighted by atomic mass is 32.2. The summed E-state index contributed by atoms with van der Waals surface area (Å²) in [4.78, 5) is 26.6. The predicted octanol–water partition coefficient (Wildman–Crippen LogP) is 5.04. The fourth-order valence-electron chi connectivity index (χ4n) is 6.39. The molecule has 4 N–H and O–H groups in total. The van der Waals surface area contributed by atoms with Gasteiger partial charge >= 0.3 is 0 Å². The van der Waals surface area contributed by atoms with Crippen molar-refractivity contribution < 1.29 is 36.0 Å². The van der Waals surface area contributed by atoms with Gasteiger partial charge in [-0.05, 0) is 92.4 Å². The van der Waals surface area contributed by atoms with Gasteiger partial charge in [0.1, 0.15) is 11.4 Å². The van der Waals surface area contributed by atoms with Gasteiger partial charge in [0.15, 0.2) is 9.84 Å². The minimum Gasteiger partial charge on any atom is -0.496 e. The van der Waals surface area contributed by atoms with E-state index in [2.05, 4.69) is 22.3 Å². The number of ether oxygens (including phenoxy) is 2. The molecule has 294 valence electrons. The van der Waals surface area contributed by atoms with Gasteiger partial charge in [-0.15, -0.1) is 0 Å². The number of hydrogen-bond acceptors (Lipinski definition) is 12. The molecule has 0 unspecified atom stereocenters. The minimum atomic E-state index is -4.58. The Balaban J connectivity index is 1.28. The maximum atomic E-state index is 13.4. The molecule has 1 heterocycles. The summed E-state index contributed by atoms with van der Waals surface area (Å²) in [7, 11) is -6.91. The predicted molar refractivity (Wildman–Crippen MR) is 211 cm³/mol. The first kappa shape index (κ1) is 41.3. The number of benzene rings is 4. The van der Waals surface area contributed by atoms with Gasteiger partial charge in [0, 0.05) is 36.3 Å². The van der Waals surface area contributed by atoms with Crippen LogP contribution in [0.2, 0.25) is 0 Å². The highest BCUT2D eigenvalue weighted by Gasteiger charge is 2.27. The molecule has 0 spiro atoms. The van der Waals surface area contributed by atoms with E-state index in [1.165, 1.54) is 43.0 Å². The number of hydrogen-bond donors (Lipinski definition) is 3. The third-order valence-corrected chi connectivity index (χ3v) is 12.5. The number of nitrogens with zero attached hydrogens (tertiary/aromatic N) is 2. The molecule has 0 aliphatic carbocycles. The zero-order valence-electron chi connectivity index (χ0n) is 30.7. The normalized spacial score (nSPS) is 14.2. The molecule has 0 bridgehead atoms. The highest BCUT2D eigenvalue weighted by molar-refractivity contribution is 7.91. The van der Waals surface area contributed by atoms with Gasteiger partial charge < -0.3 is 20.5 Å². The molecule has 14 nitrogen and oxygen atoms in total. The Labute approximate surface area is 322 Å². The molecule has 1 aliphatic heterocycles. The van der Waals surface area contributed by atoms with E-state index < -0.39 is 47.3 Å². The van der Waals surface area contributed by atoms with Crippen LogP contribution in [0.4, 0.5) is 11.4 Å². The summed E-state index contributed by atoms with van der Waals surface area (Å²) < 4.78 is 66.1. The Kier molecular flexibility index (Phi) is 14.4. The third kappa shape index (κ3) is 11.3. The van der Waals surface area contributed by atoms with Crippen LogP contribution in [0.15, 0.2) is 101 Å². The summed E-state index contributed by atoms with van der Waals surface area (Å²) in [5.74, 6) is -0.971. The van der Waals surface area contributed by atoms with E-state index in [9.17, 15) is 31.7 Å². The number of sulfonamides is 1. The van der Waals surface area contributed by atoms with Gasteiger partial charge in [-0.3, -0.25) is 19.8 Å². The van der Waals surface area contributed by atoms with Gasteiger partial charge in [-0.1, -0.05) is 48.9 Å². The monoisotopic (exact) mass is 793 g/mol. The lowest BCUT2D eigenvalue weighted by molar-refractivity contribution is -0.384. The van der Waals surface area contributed by atoms with Crippen LogP contribution in [0.5, 0.6) is 5.75 Å². The van der Waals surface area contributed by atoms with Gasteiger partial charge in [0.25, 0.3) is 21.6 Å². The van der Waals surface area contributed by atoms with Gasteiger partial charge in [-0.25, -0.2) is 21.6 Å². The van der Waals surface area contributed by atoms with E-state index in [4.69, 9.17) is 15.2 Å². The fraction of sp³-hybridized carbons (Fsp3) is 0.359. The summed E-state index contributed by atoms with van der Waals surface area (Å²) in [6.45, 7) is 4.85. The van der Waals surface area contributed by atoms with Crippen molar-refractivity contribution in [2.45, 2.75) is 47.9 Å². The number of nitro benzene ring substituents is 1. The molecule has 5 rings (SSSR count). The van der Waals surface area contributed by atoms with Gasteiger partial charge in [-0.2, -0.15) is 0 Å². The van der Waals surface area contributed by atoms with Crippen molar-refractivity contribution in [3.63, 3.8) is 0 Å². The number of amides is 1. The Hall–Kier alpha value is -4.87.